The molecule has 8 fully saturated rings. The Bertz CT molecular complexity index is 1060. The molecule has 0 atom stereocenters. The lowest BCUT2D eigenvalue weighted by Crippen LogP contribution is -2.62. The SMILES string of the molecule is CC12CC3(C)CC(C)(C1)CC(C(=O)Nc1cc(NC(=O)C45CC6(C)CC(C)(CC(C)(C6)C4)C5)ncn1)(C2)C3. The molecular weight excluding hydrogens is 472 g/mol. The Kier molecular flexibility index (Phi) is 4.62. The van der Waals surface area contributed by atoms with Crippen molar-refractivity contribution in [1.82, 2.24) is 9.97 Å². The van der Waals surface area contributed by atoms with Gasteiger partial charge in [-0.2, -0.15) is 0 Å². The fourth-order valence-corrected chi connectivity index (χ4v) is 14.1. The van der Waals surface area contributed by atoms with Gasteiger partial charge in [0.05, 0.1) is 10.8 Å². The minimum atomic E-state index is -0.332. The molecule has 0 aliphatic heterocycles. The molecule has 8 bridgehead atoms. The smallest absolute Gasteiger partial charge is 0.231 e. The zero-order chi connectivity index (χ0) is 27.0. The van der Waals surface area contributed by atoms with Crippen LogP contribution in [0.3, 0.4) is 0 Å². The van der Waals surface area contributed by atoms with Gasteiger partial charge in [-0.1, -0.05) is 41.5 Å². The lowest BCUT2D eigenvalue weighted by molar-refractivity contribution is -0.188. The number of aromatic nitrogens is 2. The standard InChI is InChI=1S/C32H46N4O2/c1-25-8-26(2)10-27(3,9-25)16-31(14-25,15-26)23(37)35-21-7-22(34-20-33-21)36-24(38)32-17-28(4)11-29(5,18-32)13-30(6,12-28)19-32/h7,20H,8-19H2,1-6H3,(H2,33,34,35,36,37,38). The van der Waals surface area contributed by atoms with Gasteiger partial charge in [-0.05, 0) is 110 Å². The zero-order valence-corrected chi connectivity index (χ0v) is 24.4. The van der Waals surface area contributed by atoms with Crippen LogP contribution < -0.4 is 10.6 Å². The molecule has 0 aromatic carbocycles. The highest BCUT2D eigenvalue weighted by Crippen LogP contribution is 2.75. The first kappa shape index (κ1) is 25.0. The van der Waals surface area contributed by atoms with Gasteiger partial charge >= 0.3 is 0 Å². The summed E-state index contributed by atoms with van der Waals surface area (Å²) in [5.74, 6) is 1.19. The van der Waals surface area contributed by atoms with Gasteiger partial charge in [0, 0.05) is 6.07 Å². The van der Waals surface area contributed by atoms with Crippen molar-refractivity contribution in [3.8, 4) is 0 Å². The molecule has 0 unspecified atom stereocenters. The fraction of sp³-hybridized carbons (Fsp3) is 0.812. The summed E-state index contributed by atoms with van der Waals surface area (Å²) in [6.07, 6.45) is 14.6. The Hall–Kier alpha value is -1.98. The van der Waals surface area contributed by atoms with Crippen LogP contribution in [0.25, 0.3) is 0 Å². The van der Waals surface area contributed by atoms with Gasteiger partial charge in [-0.25, -0.2) is 9.97 Å². The van der Waals surface area contributed by atoms with Crippen molar-refractivity contribution in [3.63, 3.8) is 0 Å². The largest absolute Gasteiger partial charge is 0.310 e. The third-order valence-corrected chi connectivity index (χ3v) is 11.8. The van der Waals surface area contributed by atoms with E-state index < -0.39 is 0 Å². The molecule has 0 radical (unpaired) electrons. The molecule has 2 amide bonds. The minimum Gasteiger partial charge on any atom is -0.310 e. The summed E-state index contributed by atoms with van der Waals surface area (Å²) in [6, 6.07) is 1.76. The maximum absolute atomic E-state index is 13.9. The maximum atomic E-state index is 13.9. The van der Waals surface area contributed by atoms with Crippen molar-refractivity contribution in [2.24, 2.45) is 43.3 Å². The molecule has 1 aromatic rings. The van der Waals surface area contributed by atoms with E-state index in [1.165, 1.54) is 44.9 Å². The van der Waals surface area contributed by atoms with E-state index in [1.54, 1.807) is 6.07 Å². The van der Waals surface area contributed by atoms with E-state index >= 15 is 0 Å². The quantitative estimate of drug-likeness (QED) is 0.444. The second kappa shape index (κ2) is 7.01. The second-order valence-corrected chi connectivity index (χ2v) is 17.7. The summed E-state index contributed by atoms with van der Waals surface area (Å²) < 4.78 is 0. The molecular formula is C32H46N4O2. The molecule has 1 heterocycles. The number of nitrogens with zero attached hydrogens (tertiary/aromatic N) is 2. The van der Waals surface area contributed by atoms with E-state index in [9.17, 15) is 9.59 Å². The molecule has 8 saturated carbocycles. The van der Waals surface area contributed by atoms with Crippen LogP contribution in [0.1, 0.15) is 119 Å². The van der Waals surface area contributed by atoms with Crippen LogP contribution in [0, 0.1) is 43.3 Å². The van der Waals surface area contributed by atoms with Crippen LogP contribution in [0.15, 0.2) is 12.4 Å². The Labute approximate surface area is 227 Å². The molecule has 38 heavy (non-hydrogen) atoms. The van der Waals surface area contributed by atoms with Gasteiger partial charge in [0.25, 0.3) is 0 Å². The van der Waals surface area contributed by atoms with Gasteiger partial charge < -0.3 is 10.6 Å². The molecule has 6 nitrogen and oxygen atoms in total. The van der Waals surface area contributed by atoms with E-state index in [0.29, 0.717) is 11.6 Å². The molecule has 8 aliphatic carbocycles. The summed E-state index contributed by atoms with van der Waals surface area (Å²) in [6.45, 7) is 14.4. The summed E-state index contributed by atoms with van der Waals surface area (Å²) in [5, 5.41) is 6.35. The topological polar surface area (TPSA) is 84.0 Å². The number of nitrogens with one attached hydrogen (secondary N) is 2. The molecule has 8 aliphatic rings. The molecule has 0 saturated heterocycles. The van der Waals surface area contributed by atoms with E-state index in [0.717, 1.165) is 38.5 Å². The van der Waals surface area contributed by atoms with Crippen molar-refractivity contribution in [2.75, 3.05) is 10.6 Å². The van der Waals surface area contributed by atoms with Gasteiger partial charge in [0.2, 0.25) is 11.8 Å². The van der Waals surface area contributed by atoms with Crippen molar-refractivity contribution in [2.45, 2.75) is 119 Å². The van der Waals surface area contributed by atoms with E-state index in [-0.39, 0.29) is 55.1 Å². The number of rotatable bonds is 4. The third-order valence-electron chi connectivity index (χ3n) is 11.8. The van der Waals surface area contributed by atoms with Crippen molar-refractivity contribution < 1.29 is 9.59 Å². The van der Waals surface area contributed by atoms with Crippen LogP contribution in [-0.2, 0) is 9.59 Å². The average Bonchev–Trinajstić information content (AvgIpc) is 2.67. The van der Waals surface area contributed by atoms with Gasteiger partial charge in [-0.15, -0.1) is 0 Å². The normalized spacial score (nSPS) is 51.7. The number of hydrogen-bond acceptors (Lipinski definition) is 4. The number of amides is 2. The predicted molar refractivity (Wildman–Crippen MR) is 148 cm³/mol. The lowest BCUT2D eigenvalue weighted by Gasteiger charge is -2.68. The summed E-state index contributed by atoms with van der Waals surface area (Å²) >= 11 is 0. The van der Waals surface area contributed by atoms with Crippen LogP contribution in [-0.4, -0.2) is 21.8 Å². The third kappa shape index (κ3) is 3.71. The number of hydrogen-bond donors (Lipinski definition) is 2. The average molecular weight is 519 g/mol. The van der Waals surface area contributed by atoms with Crippen LogP contribution >= 0.6 is 0 Å². The predicted octanol–water partition coefficient (Wildman–Crippen LogP) is 7.13. The van der Waals surface area contributed by atoms with E-state index in [4.69, 9.17) is 0 Å². The van der Waals surface area contributed by atoms with Crippen LogP contribution in [0.2, 0.25) is 0 Å². The van der Waals surface area contributed by atoms with E-state index in [1.807, 2.05) is 0 Å². The van der Waals surface area contributed by atoms with Crippen molar-refractivity contribution >= 4 is 23.5 Å². The highest BCUT2D eigenvalue weighted by Gasteiger charge is 2.67. The lowest BCUT2D eigenvalue weighted by atomic mass is 9.36. The van der Waals surface area contributed by atoms with Gasteiger partial charge in [-0.3, -0.25) is 9.59 Å². The Morgan fingerprint density at radius 2 is 0.789 bits per heavy atom. The Morgan fingerprint density at radius 1 is 0.526 bits per heavy atom. The van der Waals surface area contributed by atoms with Gasteiger partial charge in [0.1, 0.15) is 18.0 Å². The number of anilines is 2. The second-order valence-electron chi connectivity index (χ2n) is 17.7. The van der Waals surface area contributed by atoms with Crippen LogP contribution in [0.5, 0.6) is 0 Å². The molecule has 9 rings (SSSR count). The van der Waals surface area contributed by atoms with Gasteiger partial charge in [0.15, 0.2) is 0 Å². The van der Waals surface area contributed by atoms with Crippen molar-refractivity contribution in [3.05, 3.63) is 12.4 Å². The Balaban J connectivity index is 1.10. The monoisotopic (exact) mass is 518 g/mol. The first-order valence-electron chi connectivity index (χ1n) is 14.9. The Morgan fingerprint density at radius 3 is 1.05 bits per heavy atom. The molecule has 6 heteroatoms. The highest BCUT2D eigenvalue weighted by atomic mass is 16.2. The summed E-state index contributed by atoms with van der Waals surface area (Å²) in [4.78, 5) is 36.6. The summed E-state index contributed by atoms with van der Waals surface area (Å²) in [5.41, 5.74) is 0.765. The maximum Gasteiger partial charge on any atom is 0.231 e. The number of carbonyl (C=O) groups is 2. The first-order valence-corrected chi connectivity index (χ1v) is 14.9. The zero-order valence-electron chi connectivity index (χ0n) is 24.4. The molecule has 206 valence electrons. The van der Waals surface area contributed by atoms with Crippen LogP contribution in [0.4, 0.5) is 11.6 Å². The number of carbonyl (C=O) groups excluding carboxylic acids is 2. The van der Waals surface area contributed by atoms with Crippen molar-refractivity contribution in [1.29, 1.82) is 0 Å². The minimum absolute atomic E-state index is 0.103. The van der Waals surface area contributed by atoms with E-state index in [2.05, 4.69) is 62.1 Å². The molecule has 1 aromatic heterocycles. The summed E-state index contributed by atoms with van der Waals surface area (Å²) in [7, 11) is 0. The first-order chi connectivity index (χ1) is 17.5. The fourth-order valence-electron chi connectivity index (χ4n) is 14.1. The highest BCUT2D eigenvalue weighted by molar-refractivity contribution is 5.97. The molecule has 2 N–H and O–H groups in total. The molecule has 0 spiro atoms.